The Morgan fingerprint density at radius 1 is 1.14 bits per heavy atom. The number of hydrogen-bond donors (Lipinski definition) is 1. The minimum atomic E-state index is -0.564. The molecule has 3 aromatic rings. The van der Waals surface area contributed by atoms with Crippen molar-refractivity contribution in [2.45, 2.75) is 13.3 Å². The number of nitrogens with one attached hydrogen (secondary N) is 1. The fourth-order valence-corrected chi connectivity index (χ4v) is 2.13. The third kappa shape index (κ3) is 3.16. The molecule has 2 heterocycles. The fourth-order valence-electron chi connectivity index (χ4n) is 2.13. The van der Waals surface area contributed by atoms with Crippen LogP contribution < -0.4 is 5.32 Å². The SMILES string of the molecule is Cc1ccc2nc(NCCc3cc(F)cc(F)c3)nn2c1. The molecule has 1 aromatic carbocycles. The Bertz CT molecular complexity index is 762. The van der Waals surface area contributed by atoms with E-state index in [2.05, 4.69) is 15.4 Å². The maximum absolute atomic E-state index is 13.1. The van der Waals surface area contributed by atoms with Gasteiger partial charge < -0.3 is 5.32 Å². The van der Waals surface area contributed by atoms with Gasteiger partial charge in [-0.3, -0.25) is 0 Å². The van der Waals surface area contributed by atoms with E-state index in [0.29, 0.717) is 24.5 Å². The Morgan fingerprint density at radius 3 is 2.67 bits per heavy atom. The summed E-state index contributed by atoms with van der Waals surface area (Å²) in [5.41, 5.74) is 2.44. The van der Waals surface area contributed by atoms with Crippen molar-refractivity contribution in [3.8, 4) is 0 Å². The average Bonchev–Trinajstić information content (AvgIpc) is 2.79. The summed E-state index contributed by atoms with van der Waals surface area (Å²) in [6, 6.07) is 7.36. The quantitative estimate of drug-likeness (QED) is 0.802. The second kappa shape index (κ2) is 5.47. The van der Waals surface area contributed by atoms with Gasteiger partial charge in [0.25, 0.3) is 0 Å². The van der Waals surface area contributed by atoms with E-state index < -0.39 is 11.6 Å². The first-order chi connectivity index (χ1) is 10.1. The molecular weight excluding hydrogens is 274 g/mol. The summed E-state index contributed by atoms with van der Waals surface area (Å²) in [4.78, 5) is 4.31. The first kappa shape index (κ1) is 13.5. The summed E-state index contributed by atoms with van der Waals surface area (Å²) in [5, 5.41) is 7.34. The Kier molecular flexibility index (Phi) is 3.51. The van der Waals surface area contributed by atoms with Crippen LogP contribution in [-0.2, 0) is 6.42 Å². The zero-order valence-electron chi connectivity index (χ0n) is 11.5. The van der Waals surface area contributed by atoms with Gasteiger partial charge >= 0.3 is 0 Å². The lowest BCUT2D eigenvalue weighted by molar-refractivity contribution is 0.580. The van der Waals surface area contributed by atoms with E-state index in [1.165, 1.54) is 12.1 Å². The Morgan fingerprint density at radius 2 is 1.90 bits per heavy atom. The first-order valence-corrected chi connectivity index (χ1v) is 6.62. The molecule has 6 heteroatoms. The van der Waals surface area contributed by atoms with Crippen LogP contribution in [0.3, 0.4) is 0 Å². The van der Waals surface area contributed by atoms with Gasteiger partial charge in [0.15, 0.2) is 5.65 Å². The molecule has 3 rings (SSSR count). The molecule has 0 bridgehead atoms. The van der Waals surface area contributed by atoms with Gasteiger partial charge in [-0.15, -0.1) is 5.10 Å². The fraction of sp³-hybridized carbons (Fsp3) is 0.200. The van der Waals surface area contributed by atoms with Crippen LogP contribution in [-0.4, -0.2) is 21.1 Å². The van der Waals surface area contributed by atoms with Crippen LogP contribution in [0.1, 0.15) is 11.1 Å². The van der Waals surface area contributed by atoms with E-state index in [-0.39, 0.29) is 0 Å². The number of aryl methyl sites for hydroxylation is 1. The third-order valence-electron chi connectivity index (χ3n) is 3.10. The van der Waals surface area contributed by atoms with Gasteiger partial charge in [0, 0.05) is 18.8 Å². The van der Waals surface area contributed by atoms with E-state index in [1.807, 2.05) is 25.3 Å². The van der Waals surface area contributed by atoms with Crippen LogP contribution in [0.4, 0.5) is 14.7 Å². The van der Waals surface area contributed by atoms with Crippen LogP contribution in [0.5, 0.6) is 0 Å². The van der Waals surface area contributed by atoms with Gasteiger partial charge in [0.1, 0.15) is 11.6 Å². The van der Waals surface area contributed by atoms with Crippen molar-refractivity contribution in [3.05, 3.63) is 59.3 Å². The minimum Gasteiger partial charge on any atom is -0.353 e. The molecule has 21 heavy (non-hydrogen) atoms. The number of fused-ring (bicyclic) bond motifs is 1. The predicted octanol–water partition coefficient (Wildman–Crippen LogP) is 2.97. The molecule has 0 radical (unpaired) electrons. The highest BCUT2D eigenvalue weighted by molar-refractivity contribution is 5.44. The number of halogens is 2. The summed E-state index contributed by atoms with van der Waals surface area (Å²) in [6.45, 7) is 2.48. The molecule has 4 nitrogen and oxygen atoms in total. The van der Waals surface area contributed by atoms with Crippen LogP contribution in [0.25, 0.3) is 5.65 Å². The van der Waals surface area contributed by atoms with Gasteiger partial charge in [-0.1, -0.05) is 6.07 Å². The van der Waals surface area contributed by atoms with E-state index in [9.17, 15) is 8.78 Å². The van der Waals surface area contributed by atoms with E-state index in [0.717, 1.165) is 17.3 Å². The average molecular weight is 288 g/mol. The molecule has 0 atom stereocenters. The van der Waals surface area contributed by atoms with Gasteiger partial charge in [-0.05, 0) is 42.7 Å². The second-order valence-electron chi connectivity index (χ2n) is 4.90. The van der Waals surface area contributed by atoms with Crippen molar-refractivity contribution >= 4 is 11.6 Å². The second-order valence-corrected chi connectivity index (χ2v) is 4.90. The maximum atomic E-state index is 13.1. The standard InChI is InChI=1S/C15H14F2N4/c1-10-2-3-14-19-15(20-21(14)9-10)18-5-4-11-6-12(16)8-13(17)7-11/h2-3,6-9H,4-5H2,1H3,(H,18,20). The Labute approximate surface area is 120 Å². The monoisotopic (exact) mass is 288 g/mol. The summed E-state index contributed by atoms with van der Waals surface area (Å²) >= 11 is 0. The molecule has 108 valence electrons. The lowest BCUT2D eigenvalue weighted by Crippen LogP contribution is -2.06. The highest BCUT2D eigenvalue weighted by atomic mass is 19.1. The summed E-state index contributed by atoms with van der Waals surface area (Å²) < 4.78 is 27.8. The predicted molar refractivity (Wildman–Crippen MR) is 76.3 cm³/mol. The van der Waals surface area contributed by atoms with Gasteiger partial charge in [-0.2, -0.15) is 4.98 Å². The normalized spacial score (nSPS) is 11.0. The summed E-state index contributed by atoms with van der Waals surface area (Å²) in [6.07, 6.45) is 2.37. The van der Waals surface area contributed by atoms with Crippen LogP contribution in [0.2, 0.25) is 0 Å². The number of hydrogen-bond acceptors (Lipinski definition) is 3. The Balaban J connectivity index is 1.66. The van der Waals surface area contributed by atoms with Crippen molar-refractivity contribution in [2.75, 3.05) is 11.9 Å². The largest absolute Gasteiger partial charge is 0.353 e. The summed E-state index contributed by atoms with van der Waals surface area (Å²) in [5.74, 6) is -0.630. The molecule has 2 aromatic heterocycles. The molecule has 0 saturated carbocycles. The first-order valence-electron chi connectivity index (χ1n) is 6.62. The van der Waals surface area contributed by atoms with Crippen molar-refractivity contribution < 1.29 is 8.78 Å². The number of pyridine rings is 1. The smallest absolute Gasteiger partial charge is 0.243 e. The third-order valence-corrected chi connectivity index (χ3v) is 3.10. The van der Waals surface area contributed by atoms with Crippen LogP contribution in [0.15, 0.2) is 36.5 Å². The van der Waals surface area contributed by atoms with Crippen molar-refractivity contribution in [2.24, 2.45) is 0 Å². The lowest BCUT2D eigenvalue weighted by atomic mass is 10.1. The van der Waals surface area contributed by atoms with E-state index in [1.54, 1.807) is 4.52 Å². The number of nitrogens with zero attached hydrogens (tertiary/aromatic N) is 3. The van der Waals surface area contributed by atoms with Gasteiger partial charge in [0.05, 0.1) is 0 Å². The lowest BCUT2D eigenvalue weighted by Gasteiger charge is -2.03. The number of rotatable bonds is 4. The zero-order chi connectivity index (χ0) is 14.8. The molecule has 0 aliphatic rings. The van der Waals surface area contributed by atoms with Gasteiger partial charge in [0.2, 0.25) is 5.95 Å². The van der Waals surface area contributed by atoms with E-state index in [4.69, 9.17) is 0 Å². The molecule has 0 aliphatic heterocycles. The number of aromatic nitrogens is 3. The molecule has 0 amide bonds. The minimum absolute atomic E-state index is 0.489. The van der Waals surface area contributed by atoms with Crippen LogP contribution >= 0.6 is 0 Å². The van der Waals surface area contributed by atoms with Crippen molar-refractivity contribution in [3.63, 3.8) is 0 Å². The molecule has 0 saturated heterocycles. The molecule has 0 aliphatic carbocycles. The topological polar surface area (TPSA) is 42.2 Å². The van der Waals surface area contributed by atoms with Crippen LogP contribution in [0, 0.1) is 18.6 Å². The molecule has 0 spiro atoms. The zero-order valence-corrected chi connectivity index (χ0v) is 11.5. The molecule has 1 N–H and O–H groups in total. The molecule has 0 fully saturated rings. The summed E-state index contributed by atoms with van der Waals surface area (Å²) in [7, 11) is 0. The Hall–Kier alpha value is -2.50. The van der Waals surface area contributed by atoms with Gasteiger partial charge in [-0.25, -0.2) is 13.3 Å². The highest BCUT2D eigenvalue weighted by Crippen LogP contribution is 2.10. The number of anilines is 1. The van der Waals surface area contributed by atoms with E-state index >= 15 is 0 Å². The molecular formula is C15H14F2N4. The van der Waals surface area contributed by atoms with Crippen molar-refractivity contribution in [1.82, 2.24) is 14.6 Å². The maximum Gasteiger partial charge on any atom is 0.243 e. The molecule has 0 unspecified atom stereocenters. The number of benzene rings is 1. The van der Waals surface area contributed by atoms with Crippen molar-refractivity contribution in [1.29, 1.82) is 0 Å². The highest BCUT2D eigenvalue weighted by Gasteiger charge is 2.04.